The van der Waals surface area contributed by atoms with E-state index in [1.807, 2.05) is 36.2 Å². The standard InChI is InChI=1S/C21H25N5O4/c1-12(22)23-14-8-6-7-13(9-14)11-26(2)21-24-15-10-16(28-3)18(29-4)19(30-5)17(15)20(27)25-21/h6-10H,11H2,1-5H3,(H2,22,23)(H,24,25,27). The van der Waals surface area contributed by atoms with Crippen molar-refractivity contribution in [3.63, 3.8) is 0 Å². The molecule has 9 nitrogen and oxygen atoms in total. The molecule has 3 aromatic rings. The molecule has 0 aliphatic rings. The number of anilines is 2. The van der Waals surface area contributed by atoms with Gasteiger partial charge >= 0.3 is 0 Å². The van der Waals surface area contributed by atoms with Crippen LogP contribution in [0.5, 0.6) is 17.2 Å². The van der Waals surface area contributed by atoms with Crippen molar-refractivity contribution in [2.24, 2.45) is 0 Å². The van der Waals surface area contributed by atoms with Crippen molar-refractivity contribution in [2.45, 2.75) is 13.5 Å². The number of amidine groups is 1. The number of rotatable bonds is 7. The zero-order valence-electron chi connectivity index (χ0n) is 17.6. The van der Waals surface area contributed by atoms with Gasteiger partial charge in [0.2, 0.25) is 11.7 Å². The van der Waals surface area contributed by atoms with Crippen molar-refractivity contribution in [3.8, 4) is 17.2 Å². The Bertz CT molecular complexity index is 1140. The zero-order chi connectivity index (χ0) is 21.8. The van der Waals surface area contributed by atoms with Crippen molar-refractivity contribution >= 4 is 28.4 Å². The van der Waals surface area contributed by atoms with Gasteiger partial charge in [-0.25, -0.2) is 0 Å². The van der Waals surface area contributed by atoms with Crippen LogP contribution in [0.1, 0.15) is 12.5 Å². The minimum atomic E-state index is -0.432. The molecule has 30 heavy (non-hydrogen) atoms. The predicted molar refractivity (Wildman–Crippen MR) is 118 cm³/mol. The average Bonchev–Trinajstić information content (AvgIpc) is 2.71. The molecule has 1 aromatic heterocycles. The average molecular weight is 411 g/mol. The van der Waals surface area contributed by atoms with Gasteiger partial charge in [-0.3, -0.25) is 10.2 Å². The maximum Gasteiger partial charge on any atom is 0.286 e. The van der Waals surface area contributed by atoms with Crippen LogP contribution >= 0.6 is 0 Å². The molecule has 0 radical (unpaired) electrons. The Morgan fingerprint density at radius 3 is 2.53 bits per heavy atom. The number of aromatic amines is 1. The van der Waals surface area contributed by atoms with Crippen LogP contribution in [0, 0.1) is 5.41 Å². The maximum absolute atomic E-state index is 12.8. The SMILES string of the molecule is COc1cc2[nH]c(N(C)Cc3cccc(NC(C)=N)c3)nc(=O)c2c(OC)c1OC. The summed E-state index contributed by atoms with van der Waals surface area (Å²) in [4.78, 5) is 22.0. The van der Waals surface area contributed by atoms with Gasteiger partial charge in [0, 0.05) is 25.3 Å². The summed E-state index contributed by atoms with van der Waals surface area (Å²) in [6, 6.07) is 9.41. The van der Waals surface area contributed by atoms with Gasteiger partial charge in [-0.05, 0) is 24.6 Å². The molecule has 0 saturated carbocycles. The van der Waals surface area contributed by atoms with Crippen LogP contribution in [0.15, 0.2) is 35.1 Å². The fourth-order valence-corrected chi connectivity index (χ4v) is 3.26. The molecule has 0 unspecified atom stereocenters. The number of nitrogens with zero attached hydrogens (tertiary/aromatic N) is 2. The second-order valence-electron chi connectivity index (χ2n) is 6.74. The van der Waals surface area contributed by atoms with E-state index in [0.29, 0.717) is 40.7 Å². The summed E-state index contributed by atoms with van der Waals surface area (Å²) in [6.45, 7) is 2.19. The van der Waals surface area contributed by atoms with E-state index in [9.17, 15) is 4.79 Å². The number of aromatic nitrogens is 2. The van der Waals surface area contributed by atoms with Crippen LogP contribution in [0.3, 0.4) is 0 Å². The molecule has 0 saturated heterocycles. The Kier molecular flexibility index (Phi) is 6.10. The van der Waals surface area contributed by atoms with Crippen molar-refractivity contribution in [1.29, 1.82) is 5.41 Å². The molecule has 0 amide bonds. The van der Waals surface area contributed by atoms with E-state index in [-0.39, 0.29) is 5.75 Å². The summed E-state index contributed by atoms with van der Waals surface area (Å²) >= 11 is 0. The first-order valence-corrected chi connectivity index (χ1v) is 9.23. The third-order valence-electron chi connectivity index (χ3n) is 4.54. The lowest BCUT2D eigenvalue weighted by molar-refractivity contribution is 0.327. The third-order valence-corrected chi connectivity index (χ3v) is 4.54. The second-order valence-corrected chi connectivity index (χ2v) is 6.74. The number of hydrogen-bond donors (Lipinski definition) is 3. The highest BCUT2D eigenvalue weighted by atomic mass is 16.5. The van der Waals surface area contributed by atoms with E-state index < -0.39 is 5.56 Å². The first-order valence-electron chi connectivity index (χ1n) is 9.23. The lowest BCUT2D eigenvalue weighted by Gasteiger charge is -2.20. The monoisotopic (exact) mass is 411 g/mol. The molecule has 2 aromatic carbocycles. The second kappa shape index (κ2) is 8.73. The fraction of sp³-hybridized carbons (Fsp3) is 0.286. The van der Waals surface area contributed by atoms with Crippen molar-refractivity contribution < 1.29 is 14.2 Å². The number of H-pyrrole nitrogens is 1. The Morgan fingerprint density at radius 2 is 1.90 bits per heavy atom. The van der Waals surface area contributed by atoms with E-state index in [1.165, 1.54) is 21.3 Å². The summed E-state index contributed by atoms with van der Waals surface area (Å²) in [5.74, 6) is 1.82. The minimum absolute atomic E-state index is 0.274. The smallest absolute Gasteiger partial charge is 0.286 e. The predicted octanol–water partition coefficient (Wildman–Crippen LogP) is 2.99. The highest BCUT2D eigenvalue weighted by Gasteiger charge is 2.20. The van der Waals surface area contributed by atoms with Gasteiger partial charge in [-0.1, -0.05) is 12.1 Å². The van der Waals surface area contributed by atoms with E-state index >= 15 is 0 Å². The lowest BCUT2D eigenvalue weighted by Crippen LogP contribution is -2.23. The van der Waals surface area contributed by atoms with Gasteiger partial charge < -0.3 is 29.4 Å². The summed E-state index contributed by atoms with van der Waals surface area (Å²) < 4.78 is 16.1. The molecule has 3 N–H and O–H groups in total. The first-order chi connectivity index (χ1) is 14.4. The Balaban J connectivity index is 2.00. The quantitative estimate of drug-likeness (QED) is 0.405. The van der Waals surface area contributed by atoms with Crippen LogP contribution in [0.25, 0.3) is 10.9 Å². The molecule has 1 heterocycles. The molecule has 0 bridgehead atoms. The van der Waals surface area contributed by atoms with E-state index in [1.54, 1.807) is 13.0 Å². The molecule has 0 aliphatic heterocycles. The Hall–Kier alpha value is -3.75. The number of methoxy groups -OCH3 is 3. The van der Waals surface area contributed by atoms with Crippen LogP contribution in [0.2, 0.25) is 0 Å². The number of benzene rings is 2. The summed E-state index contributed by atoms with van der Waals surface area (Å²) in [5.41, 5.74) is 1.92. The molecule has 9 heteroatoms. The minimum Gasteiger partial charge on any atom is -0.493 e. The lowest BCUT2D eigenvalue weighted by atomic mass is 10.2. The summed E-state index contributed by atoms with van der Waals surface area (Å²) in [7, 11) is 6.31. The molecule has 3 rings (SSSR count). The Labute approximate surface area is 174 Å². The van der Waals surface area contributed by atoms with Gasteiger partial charge in [0.1, 0.15) is 5.39 Å². The number of fused-ring (bicyclic) bond motifs is 1. The number of ether oxygens (including phenoxy) is 3. The molecular formula is C21H25N5O4. The van der Waals surface area contributed by atoms with Crippen LogP contribution < -0.4 is 30.0 Å². The van der Waals surface area contributed by atoms with E-state index in [0.717, 1.165) is 11.3 Å². The van der Waals surface area contributed by atoms with Crippen LogP contribution in [0.4, 0.5) is 11.6 Å². The topological polar surface area (TPSA) is 113 Å². The molecular weight excluding hydrogens is 386 g/mol. The van der Waals surface area contributed by atoms with Gasteiger partial charge in [0.25, 0.3) is 5.56 Å². The Morgan fingerprint density at radius 1 is 1.17 bits per heavy atom. The zero-order valence-corrected chi connectivity index (χ0v) is 17.6. The first kappa shape index (κ1) is 21.0. The molecule has 0 aliphatic carbocycles. The van der Waals surface area contributed by atoms with Crippen LogP contribution in [-0.4, -0.2) is 44.2 Å². The number of hydrogen-bond acceptors (Lipinski definition) is 7. The molecule has 158 valence electrons. The van der Waals surface area contributed by atoms with Gasteiger partial charge in [0.15, 0.2) is 11.5 Å². The van der Waals surface area contributed by atoms with Gasteiger partial charge in [-0.15, -0.1) is 0 Å². The largest absolute Gasteiger partial charge is 0.493 e. The molecule has 0 atom stereocenters. The fourth-order valence-electron chi connectivity index (χ4n) is 3.26. The summed E-state index contributed by atoms with van der Waals surface area (Å²) in [5, 5.41) is 10.8. The van der Waals surface area contributed by atoms with Gasteiger partial charge in [0.05, 0.1) is 32.7 Å². The molecule has 0 fully saturated rings. The van der Waals surface area contributed by atoms with Gasteiger partial charge in [-0.2, -0.15) is 4.98 Å². The van der Waals surface area contributed by atoms with E-state index in [2.05, 4.69) is 15.3 Å². The van der Waals surface area contributed by atoms with Crippen LogP contribution in [-0.2, 0) is 6.54 Å². The highest BCUT2D eigenvalue weighted by Crippen LogP contribution is 2.41. The number of nitrogens with one attached hydrogen (secondary N) is 3. The van der Waals surface area contributed by atoms with Crippen molar-refractivity contribution in [3.05, 3.63) is 46.2 Å². The molecule has 0 spiro atoms. The summed E-state index contributed by atoms with van der Waals surface area (Å²) in [6.07, 6.45) is 0. The normalized spacial score (nSPS) is 10.6. The highest BCUT2D eigenvalue weighted by molar-refractivity contribution is 5.91. The van der Waals surface area contributed by atoms with Crippen molar-refractivity contribution in [2.75, 3.05) is 38.6 Å². The maximum atomic E-state index is 12.8. The van der Waals surface area contributed by atoms with Crippen molar-refractivity contribution in [1.82, 2.24) is 9.97 Å². The third kappa shape index (κ3) is 4.14. The van der Waals surface area contributed by atoms with E-state index in [4.69, 9.17) is 19.6 Å².